The third-order valence-electron chi connectivity index (χ3n) is 5.69. The lowest BCUT2D eigenvalue weighted by molar-refractivity contribution is 0.234. The summed E-state index contributed by atoms with van der Waals surface area (Å²) >= 11 is 1.29. The van der Waals surface area contributed by atoms with Gasteiger partial charge >= 0.3 is 5.24 Å². The lowest BCUT2D eigenvalue weighted by Crippen LogP contribution is -2.39. The van der Waals surface area contributed by atoms with E-state index in [2.05, 4.69) is 32.9 Å². The average molecular weight is 500 g/mol. The summed E-state index contributed by atoms with van der Waals surface area (Å²) in [6.45, 7) is 7.47. The van der Waals surface area contributed by atoms with Crippen molar-refractivity contribution < 1.29 is 13.2 Å². The van der Waals surface area contributed by atoms with E-state index in [9.17, 15) is 13.2 Å². The summed E-state index contributed by atoms with van der Waals surface area (Å²) in [5.74, 6) is 0.858. The minimum atomic E-state index is -3.33. The van der Waals surface area contributed by atoms with Gasteiger partial charge in [0.25, 0.3) is 0 Å². The first-order chi connectivity index (χ1) is 16.0. The van der Waals surface area contributed by atoms with E-state index in [1.54, 1.807) is 19.2 Å². The quantitative estimate of drug-likeness (QED) is 0.492. The zero-order chi connectivity index (χ0) is 24.7. The molecular weight excluding hydrogens is 470 g/mol. The van der Waals surface area contributed by atoms with Crippen LogP contribution in [0.1, 0.15) is 37.5 Å². The molecule has 1 N–H and O–H groups in total. The van der Waals surface area contributed by atoms with Gasteiger partial charge in [0.1, 0.15) is 5.84 Å². The number of carbonyl (C=O) groups excluding carboxylic acids is 1. The number of rotatable bonds is 5. The zero-order valence-electron chi connectivity index (χ0n) is 20.0. The molecule has 0 fully saturated rings. The van der Waals surface area contributed by atoms with Gasteiger partial charge in [0.2, 0.25) is 10.0 Å². The fourth-order valence-electron chi connectivity index (χ4n) is 4.20. The Morgan fingerprint density at radius 3 is 2.56 bits per heavy atom. The van der Waals surface area contributed by atoms with Crippen molar-refractivity contribution in [2.24, 2.45) is 10.1 Å². The van der Waals surface area contributed by atoms with Crippen LogP contribution in [0.2, 0.25) is 0 Å². The van der Waals surface area contributed by atoms with Crippen molar-refractivity contribution in [2.75, 3.05) is 36.0 Å². The Balaban J connectivity index is 1.65. The van der Waals surface area contributed by atoms with E-state index >= 15 is 0 Å². The molecule has 2 aliphatic heterocycles. The van der Waals surface area contributed by atoms with E-state index in [0.717, 1.165) is 47.6 Å². The number of amidine groups is 1. The van der Waals surface area contributed by atoms with Crippen LogP contribution < -0.4 is 9.62 Å². The number of nitrogens with zero attached hydrogens (tertiary/aromatic N) is 4. The van der Waals surface area contributed by atoms with Crippen LogP contribution in [0, 0.1) is 0 Å². The Hall–Kier alpha value is -2.85. The molecule has 2 aromatic carbocycles. The summed E-state index contributed by atoms with van der Waals surface area (Å²) < 4.78 is 25.1. The maximum Gasteiger partial charge on any atom is 0.302 e. The van der Waals surface area contributed by atoms with E-state index in [0.29, 0.717) is 12.2 Å². The number of benzene rings is 2. The van der Waals surface area contributed by atoms with Crippen LogP contribution in [0.15, 0.2) is 52.6 Å². The summed E-state index contributed by atoms with van der Waals surface area (Å²) in [5.41, 5.74) is 5.65. The van der Waals surface area contributed by atoms with Gasteiger partial charge in [-0.3, -0.25) is 14.5 Å². The SMILES string of the molecule is CCN=C(c1ccc(NS(C)(=O)=O)cc1)N1CCc2cc(C3=NN(C)C(=O)SC3(C)C)ccc21. The third kappa shape index (κ3) is 4.97. The number of nitrogens with one attached hydrogen (secondary N) is 1. The molecule has 8 nitrogen and oxygen atoms in total. The molecule has 2 aliphatic rings. The number of hydrogen-bond donors (Lipinski definition) is 1. The third-order valence-corrected chi connectivity index (χ3v) is 7.43. The second kappa shape index (κ2) is 9.07. The van der Waals surface area contributed by atoms with Gasteiger partial charge in [0.15, 0.2) is 0 Å². The van der Waals surface area contributed by atoms with Gasteiger partial charge in [-0.25, -0.2) is 13.4 Å². The van der Waals surface area contributed by atoms with Gasteiger partial charge in [-0.1, -0.05) is 17.8 Å². The van der Waals surface area contributed by atoms with Crippen LogP contribution in [0.4, 0.5) is 16.2 Å². The first-order valence-electron chi connectivity index (χ1n) is 11.1. The number of anilines is 2. The first-order valence-corrected chi connectivity index (χ1v) is 13.8. The number of carbonyl (C=O) groups is 1. The van der Waals surface area contributed by atoms with E-state index in [1.807, 2.05) is 32.9 Å². The first kappa shape index (κ1) is 24.3. The van der Waals surface area contributed by atoms with Gasteiger partial charge in [-0.15, -0.1) is 0 Å². The fraction of sp³-hybridized carbons (Fsp3) is 0.375. The molecule has 1 amide bonds. The number of sulfonamides is 1. The Bertz CT molecular complexity index is 1280. The Morgan fingerprint density at radius 1 is 1.21 bits per heavy atom. The molecule has 0 atom stereocenters. The number of hydrogen-bond acceptors (Lipinski definition) is 6. The lowest BCUT2D eigenvalue weighted by Gasteiger charge is -2.32. The number of thioether (sulfide) groups is 1. The number of fused-ring (bicyclic) bond motifs is 1. The monoisotopic (exact) mass is 499 g/mol. The topological polar surface area (TPSA) is 94.4 Å². The Labute approximate surface area is 205 Å². The molecule has 180 valence electrons. The van der Waals surface area contributed by atoms with Crippen LogP contribution in [-0.2, 0) is 16.4 Å². The molecular formula is C24H29N5O3S2. The summed E-state index contributed by atoms with van der Waals surface area (Å²) in [6, 6.07) is 13.6. The molecule has 0 aromatic heterocycles. The fourth-order valence-corrected chi connectivity index (χ4v) is 5.63. The predicted octanol–water partition coefficient (Wildman–Crippen LogP) is 4.17. The van der Waals surface area contributed by atoms with Crippen LogP contribution in [-0.4, -0.2) is 61.4 Å². The molecule has 2 heterocycles. The highest BCUT2D eigenvalue weighted by atomic mass is 32.2. The van der Waals surface area contributed by atoms with Crippen molar-refractivity contribution in [3.63, 3.8) is 0 Å². The molecule has 0 saturated heterocycles. The van der Waals surface area contributed by atoms with Crippen molar-refractivity contribution in [3.8, 4) is 0 Å². The zero-order valence-corrected chi connectivity index (χ0v) is 21.6. The molecule has 10 heteroatoms. The van der Waals surface area contributed by atoms with Crippen LogP contribution >= 0.6 is 11.8 Å². The maximum atomic E-state index is 12.1. The second-order valence-electron chi connectivity index (χ2n) is 8.85. The highest BCUT2D eigenvalue weighted by Gasteiger charge is 2.37. The normalized spacial score (nSPS) is 18.1. The van der Waals surface area contributed by atoms with Crippen molar-refractivity contribution in [2.45, 2.75) is 31.9 Å². The van der Waals surface area contributed by atoms with Crippen LogP contribution in [0.5, 0.6) is 0 Å². The molecule has 34 heavy (non-hydrogen) atoms. The second-order valence-corrected chi connectivity index (χ2v) is 12.2. The highest BCUT2D eigenvalue weighted by Crippen LogP contribution is 2.37. The van der Waals surface area contributed by atoms with Crippen LogP contribution in [0.3, 0.4) is 0 Å². The maximum absolute atomic E-state index is 12.1. The van der Waals surface area contributed by atoms with E-state index in [-0.39, 0.29) is 5.24 Å². The molecule has 2 aromatic rings. The van der Waals surface area contributed by atoms with E-state index in [4.69, 9.17) is 4.99 Å². The Morgan fingerprint density at radius 2 is 1.91 bits per heavy atom. The number of amides is 1. The summed E-state index contributed by atoms with van der Waals surface area (Å²) in [7, 11) is -1.64. The van der Waals surface area contributed by atoms with E-state index in [1.165, 1.54) is 22.3 Å². The van der Waals surface area contributed by atoms with Gasteiger partial charge in [0, 0.05) is 37.1 Å². The van der Waals surface area contributed by atoms with Crippen molar-refractivity contribution >= 4 is 49.9 Å². The van der Waals surface area contributed by atoms with Gasteiger partial charge in [-0.2, -0.15) is 5.10 Å². The average Bonchev–Trinajstić information content (AvgIpc) is 3.17. The summed E-state index contributed by atoms with van der Waals surface area (Å²) in [6.07, 6.45) is 2.00. The largest absolute Gasteiger partial charge is 0.326 e. The lowest BCUT2D eigenvalue weighted by atomic mass is 9.96. The summed E-state index contributed by atoms with van der Waals surface area (Å²) in [4.78, 5) is 19.1. The standard InChI is InChI=1S/C24H29N5O3S2/c1-6-25-22(16-7-10-19(11-8-16)27-34(5,31)32)29-14-13-17-15-18(9-12-20(17)29)21-24(2,3)33-23(30)28(4)26-21/h7-12,15,27H,6,13-14H2,1-5H3. The van der Waals surface area contributed by atoms with E-state index < -0.39 is 14.8 Å². The predicted molar refractivity (Wildman–Crippen MR) is 141 cm³/mol. The van der Waals surface area contributed by atoms with Gasteiger partial charge in [-0.05, 0) is 74.7 Å². The molecule has 0 radical (unpaired) electrons. The summed E-state index contributed by atoms with van der Waals surface area (Å²) in [5, 5.41) is 5.92. The van der Waals surface area contributed by atoms with Gasteiger partial charge < -0.3 is 4.90 Å². The molecule has 0 spiro atoms. The highest BCUT2D eigenvalue weighted by molar-refractivity contribution is 8.15. The smallest absolute Gasteiger partial charge is 0.302 e. The number of hydrazone groups is 1. The molecule has 4 rings (SSSR count). The van der Waals surface area contributed by atoms with Crippen molar-refractivity contribution in [1.29, 1.82) is 0 Å². The van der Waals surface area contributed by atoms with Gasteiger partial charge in [0.05, 0.1) is 16.7 Å². The molecule has 0 bridgehead atoms. The van der Waals surface area contributed by atoms with Crippen molar-refractivity contribution in [3.05, 3.63) is 59.2 Å². The number of aliphatic imine (C=N–C) groups is 1. The Kier molecular flexibility index (Phi) is 6.48. The van der Waals surface area contributed by atoms with Crippen molar-refractivity contribution in [1.82, 2.24) is 5.01 Å². The molecule has 0 aliphatic carbocycles. The minimum absolute atomic E-state index is 0.0562. The molecule has 0 unspecified atom stereocenters. The minimum Gasteiger partial charge on any atom is -0.326 e. The molecule has 0 saturated carbocycles. The van der Waals surface area contributed by atoms with Crippen LogP contribution in [0.25, 0.3) is 0 Å².